The van der Waals surface area contributed by atoms with Gasteiger partial charge in [-0.05, 0) is 19.9 Å². The Balaban J connectivity index is 1.85. The fourth-order valence-corrected chi connectivity index (χ4v) is 4.63. The maximum atomic E-state index is 16.2. The van der Waals surface area contributed by atoms with Crippen LogP contribution in [0.4, 0.5) is 4.39 Å². The van der Waals surface area contributed by atoms with Crippen molar-refractivity contribution in [2.45, 2.75) is 65.3 Å². The van der Waals surface area contributed by atoms with Gasteiger partial charge in [-0.15, -0.1) is 5.92 Å². The number of carbonyl (C=O) groups excluding carboxylic acids is 2. The van der Waals surface area contributed by atoms with Gasteiger partial charge in [-0.25, -0.2) is 28.0 Å². The number of esters is 2. The summed E-state index contributed by atoms with van der Waals surface area (Å²) < 4.78 is 60.9. The summed E-state index contributed by atoms with van der Waals surface area (Å²) in [6.07, 6.45) is -1.30. The first-order valence-electron chi connectivity index (χ1n) is 12.5. The van der Waals surface area contributed by atoms with Crippen molar-refractivity contribution in [2.75, 3.05) is 20.2 Å². The van der Waals surface area contributed by atoms with Gasteiger partial charge in [-0.3, -0.25) is 14.1 Å². The first-order chi connectivity index (χ1) is 19.2. The number of alkyl halides is 1. The zero-order chi connectivity index (χ0) is 30.6. The van der Waals surface area contributed by atoms with E-state index in [4.69, 9.17) is 27.8 Å². The molecule has 0 bridgehead atoms. The summed E-state index contributed by atoms with van der Waals surface area (Å²) in [7, 11) is -4.83. The van der Waals surface area contributed by atoms with Gasteiger partial charge in [0.15, 0.2) is 12.3 Å². The summed E-state index contributed by atoms with van der Waals surface area (Å²) >= 11 is 0. The molecule has 0 radical (unpaired) electrons. The van der Waals surface area contributed by atoms with Gasteiger partial charge in [0, 0.05) is 11.6 Å². The number of aliphatic hydroxyl groups is 2. The highest BCUT2D eigenvalue weighted by Gasteiger charge is 2.65. The quantitative estimate of drug-likeness (QED) is 0.157. The number of carbonyl (C=O) groups is 2. The molecule has 0 spiro atoms. The maximum absolute atomic E-state index is 16.2. The van der Waals surface area contributed by atoms with E-state index >= 15 is 4.39 Å². The summed E-state index contributed by atoms with van der Waals surface area (Å²) in [6, 6.07) is 1.61. The fraction of sp³-hybridized carbons (Fsp3) is 0.600. The molecule has 0 aliphatic carbocycles. The minimum absolute atomic E-state index is 0.257. The largest absolute Gasteiger partial charge is 0.480 e. The van der Waals surface area contributed by atoms with Crippen LogP contribution in [0.5, 0.6) is 0 Å². The number of hydrogen-bond acceptors (Lipinski definition) is 13. The molecule has 41 heavy (non-hydrogen) atoms. The first-order valence-corrected chi connectivity index (χ1v) is 14.0. The Kier molecular flexibility index (Phi) is 10.3. The second-order valence-electron chi connectivity index (χ2n) is 9.73. The first kappa shape index (κ1) is 32.6. The summed E-state index contributed by atoms with van der Waals surface area (Å²) in [5.74, 6) is -0.908. The third-order valence-electron chi connectivity index (χ3n) is 5.98. The van der Waals surface area contributed by atoms with Crippen LogP contribution in [0.25, 0.3) is 11.0 Å². The molecule has 1 aliphatic heterocycles. The van der Waals surface area contributed by atoms with Gasteiger partial charge in [0.25, 0.3) is 5.85 Å². The van der Waals surface area contributed by atoms with E-state index in [1.807, 2.05) is 0 Å². The number of halogens is 1. The van der Waals surface area contributed by atoms with Crippen molar-refractivity contribution in [3.8, 4) is 11.8 Å². The Morgan fingerprint density at radius 2 is 1.73 bits per heavy atom. The molecule has 3 rings (SSSR count). The van der Waals surface area contributed by atoms with Gasteiger partial charge in [0.1, 0.15) is 18.6 Å². The van der Waals surface area contributed by atoms with Gasteiger partial charge >= 0.3 is 19.8 Å². The van der Waals surface area contributed by atoms with E-state index in [1.165, 1.54) is 24.0 Å². The van der Waals surface area contributed by atoms with Crippen LogP contribution in [0.3, 0.4) is 0 Å². The molecule has 2 aromatic rings. The van der Waals surface area contributed by atoms with Gasteiger partial charge in [0.05, 0.1) is 17.5 Å². The topological polar surface area (TPSA) is 178 Å². The maximum Gasteiger partial charge on any atom is 0.480 e. The van der Waals surface area contributed by atoms with E-state index in [9.17, 15) is 24.4 Å². The zero-order valence-electron chi connectivity index (χ0n) is 23.4. The molecule has 0 saturated carbocycles. The third kappa shape index (κ3) is 7.10. The molecular weight excluding hydrogens is 568 g/mol. The highest BCUT2D eigenvalue weighted by atomic mass is 31.2. The van der Waals surface area contributed by atoms with Crippen LogP contribution in [-0.4, -0.2) is 74.4 Å². The van der Waals surface area contributed by atoms with Crippen molar-refractivity contribution in [3.63, 3.8) is 0 Å². The van der Waals surface area contributed by atoms with Crippen molar-refractivity contribution in [3.05, 3.63) is 24.3 Å². The zero-order valence-corrected chi connectivity index (χ0v) is 24.3. The van der Waals surface area contributed by atoms with Crippen molar-refractivity contribution in [2.24, 2.45) is 11.8 Å². The number of phosphoric ester groups is 1. The van der Waals surface area contributed by atoms with Crippen LogP contribution in [0.2, 0.25) is 0 Å². The van der Waals surface area contributed by atoms with Gasteiger partial charge in [-0.1, -0.05) is 33.6 Å². The van der Waals surface area contributed by atoms with Crippen LogP contribution in [0.1, 0.15) is 46.5 Å². The predicted molar refractivity (Wildman–Crippen MR) is 138 cm³/mol. The molecule has 1 aliphatic rings. The predicted octanol–water partition coefficient (Wildman–Crippen LogP) is 2.52. The Hall–Kier alpha value is -2.96. The average Bonchev–Trinajstić information content (AvgIpc) is 3.42. The van der Waals surface area contributed by atoms with Gasteiger partial charge in [-0.2, -0.15) is 0 Å². The molecule has 1 saturated heterocycles. The van der Waals surface area contributed by atoms with Crippen LogP contribution < -0.4 is 0 Å². The lowest BCUT2D eigenvalue weighted by Crippen LogP contribution is -2.50. The smallest absolute Gasteiger partial charge is 0.438 e. The van der Waals surface area contributed by atoms with E-state index in [0.29, 0.717) is 11.1 Å². The number of aliphatic hydroxyl groups excluding tert-OH is 1. The van der Waals surface area contributed by atoms with E-state index in [1.54, 1.807) is 40.7 Å². The molecule has 16 heteroatoms. The monoisotopic (exact) mass is 601 g/mol. The number of nitrogens with zero attached hydrogens (tertiary/aromatic N) is 3. The second-order valence-corrected chi connectivity index (χ2v) is 11.4. The number of hydrogen-bond donors (Lipinski definition) is 2. The molecule has 2 N–H and O–H groups in total. The van der Waals surface area contributed by atoms with Crippen molar-refractivity contribution in [1.82, 2.24) is 14.5 Å². The Morgan fingerprint density at radius 1 is 1.15 bits per heavy atom. The average molecular weight is 602 g/mol. The molecule has 0 unspecified atom stereocenters. The molecule has 226 valence electrons. The Labute approximate surface area is 235 Å². The lowest BCUT2D eigenvalue weighted by molar-refractivity contribution is -0.206. The summed E-state index contributed by atoms with van der Waals surface area (Å²) in [4.78, 5) is 31.8. The van der Waals surface area contributed by atoms with Crippen LogP contribution in [-0.2, 0) is 41.9 Å². The SMILES string of the molecule is CC#C[C@]1(O)[C@H](n2ccc3c(C)ncnc32)O[C@](F)(COP(=O)(OCOC(=O)C(C)C)OCOC(=O)C(C)C)[C@H]1O. The van der Waals surface area contributed by atoms with Crippen LogP contribution in [0, 0.1) is 30.6 Å². The van der Waals surface area contributed by atoms with Crippen LogP contribution >= 0.6 is 7.82 Å². The number of rotatable bonds is 12. The molecule has 4 atom stereocenters. The molecular formula is C25H33FN3O11P. The normalized spacial score (nSPS) is 24.5. The van der Waals surface area contributed by atoms with E-state index in [0.717, 1.165) is 0 Å². The van der Waals surface area contributed by atoms with E-state index in [2.05, 4.69) is 21.8 Å². The number of fused-ring (bicyclic) bond motifs is 1. The Morgan fingerprint density at radius 3 is 2.27 bits per heavy atom. The molecule has 3 heterocycles. The molecule has 0 aromatic carbocycles. The van der Waals surface area contributed by atoms with Crippen molar-refractivity contribution in [1.29, 1.82) is 0 Å². The number of aromatic nitrogens is 3. The number of phosphoric acid groups is 1. The van der Waals surface area contributed by atoms with E-state index < -0.39 is 75.6 Å². The molecule has 1 fully saturated rings. The second kappa shape index (κ2) is 12.9. The summed E-state index contributed by atoms with van der Waals surface area (Å²) in [6.45, 7) is 6.11. The van der Waals surface area contributed by atoms with E-state index in [-0.39, 0.29) is 5.65 Å². The van der Waals surface area contributed by atoms with Crippen molar-refractivity contribution >= 4 is 30.8 Å². The minimum atomic E-state index is -4.83. The fourth-order valence-electron chi connectivity index (χ4n) is 3.71. The summed E-state index contributed by atoms with van der Waals surface area (Å²) in [5.41, 5.74) is -1.67. The van der Waals surface area contributed by atoms with Gasteiger partial charge in [0.2, 0.25) is 19.2 Å². The third-order valence-corrected chi connectivity index (χ3v) is 7.27. The number of ether oxygens (including phenoxy) is 3. The molecule has 2 aromatic heterocycles. The highest BCUT2D eigenvalue weighted by molar-refractivity contribution is 7.48. The standard InChI is InChI=1S/C25H33FN3O11P/c1-7-9-24(33)22(32)25(26,40-23(24)29-10-8-18-17(6)27-12-28-19(18)29)11-37-41(34,38-13-35-20(30)15(2)3)39-14-36-21(31)16(4)5/h8,10,12,15-16,22-23,32-33H,11,13-14H2,1-6H3/t22-,23+,24+,25+/m0/s1. The molecule has 14 nitrogen and oxygen atoms in total. The number of aryl methyl sites for hydroxylation is 1. The summed E-state index contributed by atoms with van der Waals surface area (Å²) in [5, 5.41) is 22.8. The minimum Gasteiger partial charge on any atom is -0.438 e. The van der Waals surface area contributed by atoms with Crippen molar-refractivity contribution < 1.29 is 56.5 Å². The lowest BCUT2D eigenvalue weighted by Gasteiger charge is -2.27. The molecule has 0 amide bonds. The van der Waals surface area contributed by atoms with Gasteiger partial charge < -0.3 is 29.0 Å². The van der Waals surface area contributed by atoms with Crippen LogP contribution in [0.15, 0.2) is 18.6 Å². The lowest BCUT2D eigenvalue weighted by atomic mass is 9.93. The Bertz CT molecular complexity index is 1340. The highest BCUT2D eigenvalue weighted by Crippen LogP contribution is 2.53.